The van der Waals surface area contributed by atoms with Gasteiger partial charge in [0.25, 0.3) is 0 Å². The smallest absolute Gasteiger partial charge is 0.0705 e. The van der Waals surface area contributed by atoms with Gasteiger partial charge in [0, 0.05) is 57.4 Å². The maximum absolute atomic E-state index is 4.43. The largest absolute Gasteiger partial charge is 0.314 e. The zero-order valence-electron chi connectivity index (χ0n) is 12.8. The molecule has 1 saturated heterocycles. The lowest BCUT2D eigenvalue weighted by Gasteiger charge is -2.29. The molecule has 1 fully saturated rings. The number of pyridine rings is 1. The highest BCUT2D eigenvalue weighted by atomic mass is 15.2. The molecule has 0 unspecified atom stereocenters. The van der Waals surface area contributed by atoms with Gasteiger partial charge in [0.2, 0.25) is 0 Å². The van der Waals surface area contributed by atoms with Gasteiger partial charge < -0.3 is 10.2 Å². The van der Waals surface area contributed by atoms with E-state index in [4.69, 9.17) is 0 Å². The maximum atomic E-state index is 4.43. The highest BCUT2D eigenvalue weighted by Crippen LogP contribution is 2.17. The topological polar surface area (TPSA) is 31.4 Å². The zero-order valence-corrected chi connectivity index (χ0v) is 12.8. The van der Waals surface area contributed by atoms with Crippen molar-refractivity contribution in [3.05, 3.63) is 42.1 Å². The summed E-state index contributed by atoms with van der Waals surface area (Å²) >= 11 is 0. The fourth-order valence-electron chi connectivity index (χ4n) is 2.91. The molecule has 1 aromatic carbocycles. The first-order chi connectivity index (χ1) is 10.3. The minimum absolute atomic E-state index is 0.981. The van der Waals surface area contributed by atoms with Crippen molar-refractivity contribution in [2.24, 2.45) is 0 Å². The number of aromatic nitrogens is 1. The Morgan fingerprint density at radius 3 is 2.86 bits per heavy atom. The lowest BCUT2D eigenvalue weighted by atomic mass is 10.1. The number of likely N-dealkylation sites (N-methyl/N-ethyl adjacent to an activating group) is 1. The molecule has 21 heavy (non-hydrogen) atoms. The summed E-state index contributed by atoms with van der Waals surface area (Å²) in [5.41, 5.74) is 2.45. The molecule has 0 bridgehead atoms. The summed E-state index contributed by atoms with van der Waals surface area (Å²) in [5.74, 6) is 0. The normalized spacial score (nSPS) is 16.7. The first-order valence-electron chi connectivity index (χ1n) is 7.77. The fraction of sp³-hybridized carbons (Fsp3) is 0.471. The van der Waals surface area contributed by atoms with Crippen LogP contribution in [-0.4, -0.2) is 61.1 Å². The number of nitrogens with one attached hydrogen (secondary N) is 1. The predicted octanol–water partition coefficient (Wildman–Crippen LogP) is 1.57. The molecule has 1 N–H and O–H groups in total. The van der Waals surface area contributed by atoms with Crippen molar-refractivity contribution < 1.29 is 0 Å². The molecule has 0 radical (unpaired) electrons. The van der Waals surface area contributed by atoms with Gasteiger partial charge in [0.05, 0.1) is 5.52 Å². The number of para-hydroxylation sites is 1. The van der Waals surface area contributed by atoms with Crippen LogP contribution in [0.1, 0.15) is 5.56 Å². The Bertz CT molecular complexity index is 573. The number of benzene rings is 1. The number of hydrogen-bond acceptors (Lipinski definition) is 4. The third-order valence-corrected chi connectivity index (χ3v) is 4.19. The van der Waals surface area contributed by atoms with E-state index in [1.807, 2.05) is 12.3 Å². The van der Waals surface area contributed by atoms with Crippen molar-refractivity contribution in [3.8, 4) is 0 Å². The second-order valence-electron chi connectivity index (χ2n) is 5.82. The second-order valence-corrected chi connectivity index (χ2v) is 5.82. The molecule has 1 aromatic heterocycles. The van der Waals surface area contributed by atoms with Crippen LogP contribution in [0.4, 0.5) is 0 Å². The fourth-order valence-corrected chi connectivity index (χ4v) is 2.91. The highest BCUT2D eigenvalue weighted by molar-refractivity contribution is 5.81. The molecular formula is C17H24N4. The molecule has 4 nitrogen and oxygen atoms in total. The van der Waals surface area contributed by atoms with Gasteiger partial charge in [-0.2, -0.15) is 0 Å². The molecule has 2 aromatic rings. The van der Waals surface area contributed by atoms with Crippen LogP contribution in [0.25, 0.3) is 10.9 Å². The van der Waals surface area contributed by atoms with Gasteiger partial charge in [0.15, 0.2) is 0 Å². The Labute approximate surface area is 126 Å². The average molecular weight is 284 g/mol. The van der Waals surface area contributed by atoms with E-state index in [9.17, 15) is 0 Å². The van der Waals surface area contributed by atoms with Crippen molar-refractivity contribution in [1.29, 1.82) is 0 Å². The van der Waals surface area contributed by atoms with Crippen molar-refractivity contribution in [2.75, 3.05) is 46.3 Å². The van der Waals surface area contributed by atoms with Crippen molar-refractivity contribution >= 4 is 10.9 Å². The Morgan fingerprint density at radius 1 is 1.19 bits per heavy atom. The van der Waals surface area contributed by atoms with E-state index in [2.05, 4.69) is 51.4 Å². The summed E-state index contributed by atoms with van der Waals surface area (Å²) in [5, 5.41) is 4.67. The highest BCUT2D eigenvalue weighted by Gasteiger charge is 2.11. The summed E-state index contributed by atoms with van der Waals surface area (Å²) < 4.78 is 0. The predicted molar refractivity (Wildman–Crippen MR) is 87.4 cm³/mol. The van der Waals surface area contributed by atoms with E-state index in [1.54, 1.807) is 0 Å². The Hall–Kier alpha value is -1.49. The molecule has 1 aliphatic rings. The number of fused-ring (bicyclic) bond motifs is 1. The summed E-state index contributed by atoms with van der Waals surface area (Å²) in [4.78, 5) is 9.38. The average Bonchev–Trinajstić information content (AvgIpc) is 2.54. The minimum atomic E-state index is 0.981. The van der Waals surface area contributed by atoms with Gasteiger partial charge in [-0.05, 0) is 24.7 Å². The quantitative estimate of drug-likeness (QED) is 0.903. The van der Waals surface area contributed by atoms with E-state index in [1.165, 1.54) is 24.0 Å². The number of piperazine rings is 1. The van der Waals surface area contributed by atoms with Crippen LogP contribution in [0.2, 0.25) is 0 Å². The molecule has 112 valence electrons. The third-order valence-electron chi connectivity index (χ3n) is 4.19. The maximum Gasteiger partial charge on any atom is 0.0705 e. The Kier molecular flexibility index (Phi) is 4.80. The van der Waals surface area contributed by atoms with Gasteiger partial charge in [0.1, 0.15) is 0 Å². The van der Waals surface area contributed by atoms with E-state index in [0.717, 1.165) is 38.2 Å². The van der Waals surface area contributed by atoms with Gasteiger partial charge >= 0.3 is 0 Å². The summed E-state index contributed by atoms with van der Waals surface area (Å²) in [7, 11) is 2.21. The van der Waals surface area contributed by atoms with Crippen molar-refractivity contribution in [1.82, 2.24) is 20.1 Å². The van der Waals surface area contributed by atoms with Crippen molar-refractivity contribution in [2.45, 2.75) is 6.54 Å². The van der Waals surface area contributed by atoms with Crippen LogP contribution in [-0.2, 0) is 6.54 Å². The van der Waals surface area contributed by atoms with Crippen LogP contribution in [0.15, 0.2) is 36.5 Å². The molecule has 0 amide bonds. The molecular weight excluding hydrogens is 260 g/mol. The van der Waals surface area contributed by atoms with E-state index < -0.39 is 0 Å². The molecule has 2 heterocycles. The minimum Gasteiger partial charge on any atom is -0.314 e. The molecule has 4 heteroatoms. The van der Waals surface area contributed by atoms with Crippen LogP contribution in [0, 0.1) is 0 Å². The van der Waals surface area contributed by atoms with Gasteiger partial charge in [-0.1, -0.05) is 18.2 Å². The summed E-state index contributed by atoms with van der Waals surface area (Å²) in [6.07, 6.45) is 1.92. The standard InChI is InChI=1S/C17H24N4/c1-20(12-13-21-10-8-18-9-11-21)14-15-6-7-19-17-5-3-2-4-16(15)17/h2-7,18H,8-14H2,1H3. The number of nitrogens with zero attached hydrogens (tertiary/aromatic N) is 3. The zero-order chi connectivity index (χ0) is 14.5. The second kappa shape index (κ2) is 6.98. The first-order valence-corrected chi connectivity index (χ1v) is 7.77. The van der Waals surface area contributed by atoms with Crippen LogP contribution < -0.4 is 5.32 Å². The van der Waals surface area contributed by atoms with E-state index >= 15 is 0 Å². The van der Waals surface area contributed by atoms with Crippen molar-refractivity contribution in [3.63, 3.8) is 0 Å². The lowest BCUT2D eigenvalue weighted by molar-refractivity contribution is 0.202. The van der Waals surface area contributed by atoms with Gasteiger partial charge in [-0.15, -0.1) is 0 Å². The molecule has 0 atom stereocenters. The molecule has 0 saturated carbocycles. The lowest BCUT2D eigenvalue weighted by Crippen LogP contribution is -2.45. The van der Waals surface area contributed by atoms with Gasteiger partial charge in [-0.25, -0.2) is 0 Å². The van der Waals surface area contributed by atoms with E-state index in [-0.39, 0.29) is 0 Å². The van der Waals surface area contributed by atoms with E-state index in [0.29, 0.717) is 0 Å². The molecule has 0 spiro atoms. The molecule has 0 aliphatic carbocycles. The van der Waals surface area contributed by atoms with Crippen LogP contribution >= 0.6 is 0 Å². The summed E-state index contributed by atoms with van der Waals surface area (Å²) in [6, 6.07) is 10.5. The van der Waals surface area contributed by atoms with Gasteiger partial charge in [-0.3, -0.25) is 9.88 Å². The third kappa shape index (κ3) is 3.79. The first kappa shape index (κ1) is 14.4. The van der Waals surface area contributed by atoms with Crippen LogP contribution in [0.5, 0.6) is 0 Å². The Morgan fingerprint density at radius 2 is 2.00 bits per heavy atom. The number of hydrogen-bond donors (Lipinski definition) is 1. The molecule has 1 aliphatic heterocycles. The monoisotopic (exact) mass is 284 g/mol. The summed E-state index contributed by atoms with van der Waals surface area (Å²) in [6.45, 7) is 7.84. The Balaban J connectivity index is 1.59. The number of rotatable bonds is 5. The SMILES string of the molecule is CN(CCN1CCNCC1)Cc1ccnc2ccccc12. The molecule has 3 rings (SSSR count). The van der Waals surface area contributed by atoms with Crippen LogP contribution in [0.3, 0.4) is 0 Å².